The Morgan fingerprint density at radius 2 is 1.88 bits per heavy atom. The van der Waals surface area contributed by atoms with Crippen LogP contribution in [0.5, 0.6) is 0 Å². The van der Waals surface area contributed by atoms with Gasteiger partial charge in [-0.1, -0.05) is 13.8 Å². The molecule has 3 unspecified atom stereocenters. The maximum Gasteiger partial charge on any atom is 0.169 e. The first-order chi connectivity index (χ1) is 7.68. The SMILES string of the molecule is CC1CCC(C(=O)c2cncnc2)CC1C. The van der Waals surface area contributed by atoms with Gasteiger partial charge in [-0.2, -0.15) is 0 Å². The summed E-state index contributed by atoms with van der Waals surface area (Å²) in [5.41, 5.74) is 0.661. The number of hydrogen-bond acceptors (Lipinski definition) is 3. The van der Waals surface area contributed by atoms with Gasteiger partial charge in [0.25, 0.3) is 0 Å². The van der Waals surface area contributed by atoms with Crippen molar-refractivity contribution >= 4 is 5.78 Å². The van der Waals surface area contributed by atoms with E-state index >= 15 is 0 Å². The lowest BCUT2D eigenvalue weighted by molar-refractivity contribution is 0.0837. The van der Waals surface area contributed by atoms with Gasteiger partial charge in [0.1, 0.15) is 6.33 Å². The molecule has 1 heterocycles. The summed E-state index contributed by atoms with van der Waals surface area (Å²) in [7, 11) is 0. The number of Topliss-reactive ketones (excluding diaryl/α,β-unsaturated/α-hetero) is 1. The van der Waals surface area contributed by atoms with Crippen molar-refractivity contribution in [2.75, 3.05) is 0 Å². The van der Waals surface area contributed by atoms with E-state index < -0.39 is 0 Å². The zero-order valence-corrected chi connectivity index (χ0v) is 9.89. The third kappa shape index (κ3) is 2.29. The van der Waals surface area contributed by atoms with Gasteiger partial charge in [0.2, 0.25) is 0 Å². The first kappa shape index (κ1) is 11.2. The molecule has 0 saturated heterocycles. The molecule has 16 heavy (non-hydrogen) atoms. The highest BCUT2D eigenvalue weighted by Crippen LogP contribution is 2.34. The molecule has 0 aliphatic heterocycles. The number of carbonyl (C=O) groups is 1. The van der Waals surface area contributed by atoms with Crippen LogP contribution in [0, 0.1) is 17.8 Å². The average molecular weight is 218 g/mol. The zero-order chi connectivity index (χ0) is 11.5. The molecule has 3 heteroatoms. The monoisotopic (exact) mass is 218 g/mol. The van der Waals surface area contributed by atoms with Crippen LogP contribution in [0.1, 0.15) is 43.5 Å². The molecule has 86 valence electrons. The van der Waals surface area contributed by atoms with Gasteiger partial charge in [0, 0.05) is 18.3 Å². The van der Waals surface area contributed by atoms with E-state index in [1.54, 1.807) is 12.4 Å². The summed E-state index contributed by atoms with van der Waals surface area (Å²) >= 11 is 0. The van der Waals surface area contributed by atoms with Crippen molar-refractivity contribution in [1.29, 1.82) is 0 Å². The molecule has 0 radical (unpaired) electrons. The second-order valence-corrected chi connectivity index (χ2v) is 4.96. The first-order valence-electron chi connectivity index (χ1n) is 5.97. The van der Waals surface area contributed by atoms with Gasteiger partial charge < -0.3 is 0 Å². The molecule has 0 bridgehead atoms. The molecular weight excluding hydrogens is 200 g/mol. The lowest BCUT2D eigenvalue weighted by Crippen LogP contribution is -2.26. The van der Waals surface area contributed by atoms with Crippen LogP contribution >= 0.6 is 0 Å². The number of hydrogen-bond donors (Lipinski definition) is 0. The number of nitrogens with zero attached hydrogens (tertiary/aromatic N) is 2. The third-order valence-electron chi connectivity index (χ3n) is 3.81. The second kappa shape index (κ2) is 4.73. The summed E-state index contributed by atoms with van der Waals surface area (Å²) in [5.74, 6) is 1.79. The van der Waals surface area contributed by atoms with Gasteiger partial charge in [0.15, 0.2) is 5.78 Å². The molecule has 0 amide bonds. The van der Waals surface area contributed by atoms with Crippen molar-refractivity contribution in [3.05, 3.63) is 24.3 Å². The van der Waals surface area contributed by atoms with Crippen LogP contribution < -0.4 is 0 Å². The van der Waals surface area contributed by atoms with Crippen molar-refractivity contribution in [2.45, 2.75) is 33.1 Å². The van der Waals surface area contributed by atoms with E-state index in [0.29, 0.717) is 11.5 Å². The molecule has 1 aromatic rings. The Bertz CT molecular complexity index is 363. The van der Waals surface area contributed by atoms with Crippen LogP contribution in [0.25, 0.3) is 0 Å². The van der Waals surface area contributed by atoms with Gasteiger partial charge in [-0.15, -0.1) is 0 Å². The second-order valence-electron chi connectivity index (χ2n) is 4.96. The normalized spacial score (nSPS) is 30.0. The zero-order valence-electron chi connectivity index (χ0n) is 9.89. The minimum Gasteiger partial charge on any atom is -0.294 e. The van der Waals surface area contributed by atoms with Crippen LogP contribution in [0.3, 0.4) is 0 Å². The van der Waals surface area contributed by atoms with E-state index in [4.69, 9.17) is 0 Å². The summed E-state index contributed by atoms with van der Waals surface area (Å²) in [6.45, 7) is 4.52. The van der Waals surface area contributed by atoms with Crippen LogP contribution in [0.15, 0.2) is 18.7 Å². The van der Waals surface area contributed by atoms with Gasteiger partial charge in [0.05, 0.1) is 5.56 Å². The Hall–Kier alpha value is -1.25. The molecule has 1 aromatic heterocycles. The molecular formula is C13H18N2O. The topological polar surface area (TPSA) is 42.9 Å². The quantitative estimate of drug-likeness (QED) is 0.717. The number of aromatic nitrogens is 2. The molecule has 0 aromatic carbocycles. The van der Waals surface area contributed by atoms with Crippen LogP contribution in [0.2, 0.25) is 0 Å². The fraction of sp³-hybridized carbons (Fsp3) is 0.615. The molecule has 0 N–H and O–H groups in total. The van der Waals surface area contributed by atoms with Crippen molar-refractivity contribution in [3.63, 3.8) is 0 Å². The summed E-state index contributed by atoms with van der Waals surface area (Å²) in [4.78, 5) is 20.0. The van der Waals surface area contributed by atoms with Crippen molar-refractivity contribution in [3.8, 4) is 0 Å². The van der Waals surface area contributed by atoms with Gasteiger partial charge in [-0.3, -0.25) is 4.79 Å². The standard InChI is InChI=1S/C13H18N2O/c1-9-3-4-11(5-10(9)2)13(16)12-6-14-8-15-7-12/h6-11H,3-5H2,1-2H3. The molecule has 2 rings (SSSR count). The maximum absolute atomic E-state index is 12.2. The predicted octanol–water partition coefficient (Wildman–Crippen LogP) is 2.73. The molecule has 3 nitrogen and oxygen atoms in total. The maximum atomic E-state index is 12.2. The summed E-state index contributed by atoms with van der Waals surface area (Å²) in [6, 6.07) is 0. The van der Waals surface area contributed by atoms with Gasteiger partial charge in [-0.05, 0) is 31.1 Å². The van der Waals surface area contributed by atoms with E-state index in [1.165, 1.54) is 6.33 Å². The number of carbonyl (C=O) groups excluding carboxylic acids is 1. The minimum absolute atomic E-state index is 0.178. The predicted molar refractivity (Wildman–Crippen MR) is 62.0 cm³/mol. The Morgan fingerprint density at radius 3 is 2.50 bits per heavy atom. The molecule has 1 aliphatic rings. The summed E-state index contributed by atoms with van der Waals surface area (Å²) < 4.78 is 0. The fourth-order valence-corrected chi connectivity index (χ4v) is 2.45. The molecule has 1 saturated carbocycles. The highest BCUT2D eigenvalue weighted by molar-refractivity contribution is 5.97. The smallest absolute Gasteiger partial charge is 0.169 e. The van der Waals surface area contributed by atoms with Crippen LogP contribution in [-0.4, -0.2) is 15.8 Å². The van der Waals surface area contributed by atoms with E-state index in [2.05, 4.69) is 23.8 Å². The summed E-state index contributed by atoms with van der Waals surface area (Å²) in [5, 5.41) is 0. The van der Waals surface area contributed by atoms with Crippen molar-refractivity contribution < 1.29 is 4.79 Å². The van der Waals surface area contributed by atoms with Crippen LogP contribution in [-0.2, 0) is 0 Å². The Kier molecular flexibility index (Phi) is 3.32. The van der Waals surface area contributed by atoms with Gasteiger partial charge >= 0.3 is 0 Å². The van der Waals surface area contributed by atoms with E-state index in [0.717, 1.165) is 25.2 Å². The Morgan fingerprint density at radius 1 is 1.19 bits per heavy atom. The van der Waals surface area contributed by atoms with Crippen molar-refractivity contribution in [2.24, 2.45) is 17.8 Å². The fourth-order valence-electron chi connectivity index (χ4n) is 2.45. The van der Waals surface area contributed by atoms with Gasteiger partial charge in [-0.25, -0.2) is 9.97 Å². The van der Waals surface area contributed by atoms with E-state index in [9.17, 15) is 4.79 Å². The molecule has 1 fully saturated rings. The number of rotatable bonds is 2. The third-order valence-corrected chi connectivity index (χ3v) is 3.81. The summed E-state index contributed by atoms with van der Waals surface area (Å²) in [6.07, 6.45) is 7.89. The lowest BCUT2D eigenvalue weighted by atomic mass is 9.73. The number of ketones is 1. The minimum atomic E-state index is 0.178. The van der Waals surface area contributed by atoms with E-state index in [1.807, 2.05) is 0 Å². The Labute approximate surface area is 96.3 Å². The first-order valence-corrected chi connectivity index (χ1v) is 5.97. The largest absolute Gasteiger partial charge is 0.294 e. The lowest BCUT2D eigenvalue weighted by Gasteiger charge is -2.31. The highest BCUT2D eigenvalue weighted by atomic mass is 16.1. The molecule has 1 aliphatic carbocycles. The van der Waals surface area contributed by atoms with Crippen LogP contribution in [0.4, 0.5) is 0 Å². The molecule has 0 spiro atoms. The van der Waals surface area contributed by atoms with E-state index in [-0.39, 0.29) is 11.7 Å². The average Bonchev–Trinajstić information content (AvgIpc) is 2.33. The highest BCUT2D eigenvalue weighted by Gasteiger charge is 2.29. The molecule has 3 atom stereocenters. The Balaban J connectivity index is 2.06. The van der Waals surface area contributed by atoms with Crippen molar-refractivity contribution in [1.82, 2.24) is 9.97 Å².